The summed E-state index contributed by atoms with van der Waals surface area (Å²) >= 11 is 0. The number of benzene rings is 3. The number of rotatable bonds is 5. The molecule has 0 atom stereocenters. The van der Waals surface area contributed by atoms with Gasteiger partial charge in [0.1, 0.15) is 18.7 Å². The minimum absolute atomic E-state index is 0.121. The van der Waals surface area contributed by atoms with Gasteiger partial charge in [0.05, 0.1) is 17.4 Å². The van der Waals surface area contributed by atoms with Gasteiger partial charge in [-0.3, -0.25) is 4.98 Å². The summed E-state index contributed by atoms with van der Waals surface area (Å²) in [5.41, 5.74) is 13.1. The number of oxime groups is 1. The smallest absolute Gasteiger partial charge is 0.124 e. The minimum Gasteiger partial charge on any atom is -0.507 e. The zero-order valence-corrected chi connectivity index (χ0v) is 20.4. The molecule has 1 saturated heterocycles. The number of nitrogens with zero attached hydrogens (tertiary/aromatic N) is 3. The van der Waals surface area contributed by atoms with E-state index in [0.717, 1.165) is 70.3 Å². The van der Waals surface area contributed by atoms with Crippen LogP contribution in [0.4, 0.5) is 10.1 Å². The number of nitrogens with two attached hydrogens (primary N) is 1. The monoisotopic (exact) mass is 484 g/mol. The summed E-state index contributed by atoms with van der Waals surface area (Å²) in [6.07, 6.45) is 5.12. The highest BCUT2D eigenvalue weighted by Gasteiger charge is 2.23. The summed E-state index contributed by atoms with van der Waals surface area (Å²) in [7, 11) is 1.46. The van der Waals surface area contributed by atoms with Gasteiger partial charge in [-0.05, 0) is 78.4 Å². The average Bonchev–Trinajstić information content (AvgIpc) is 2.87. The molecule has 0 radical (unpaired) electrons. The van der Waals surface area contributed by atoms with Crippen LogP contribution in [0.2, 0.25) is 0 Å². The molecule has 0 saturated carbocycles. The van der Waals surface area contributed by atoms with Gasteiger partial charge in [-0.1, -0.05) is 23.4 Å². The predicted molar refractivity (Wildman–Crippen MR) is 143 cm³/mol. The van der Waals surface area contributed by atoms with Gasteiger partial charge >= 0.3 is 0 Å². The van der Waals surface area contributed by atoms with Gasteiger partial charge in [-0.25, -0.2) is 4.39 Å². The van der Waals surface area contributed by atoms with Crippen LogP contribution in [0, 0.1) is 12.7 Å². The highest BCUT2D eigenvalue weighted by atomic mass is 19.1. The quantitative estimate of drug-likeness (QED) is 0.283. The minimum atomic E-state index is -0.264. The Morgan fingerprint density at radius 1 is 1.06 bits per heavy atom. The van der Waals surface area contributed by atoms with Gasteiger partial charge < -0.3 is 20.6 Å². The highest BCUT2D eigenvalue weighted by molar-refractivity contribution is 6.02. The molecular formula is C29H29FN4O2. The number of halogens is 1. The van der Waals surface area contributed by atoms with Gasteiger partial charge in [0.15, 0.2) is 0 Å². The van der Waals surface area contributed by atoms with Crippen LogP contribution in [0.15, 0.2) is 65.9 Å². The van der Waals surface area contributed by atoms with Crippen LogP contribution in [0.5, 0.6) is 5.75 Å². The standard InChI is InChI=1S/C29H29FN4O2/c1-18-11-21(14-23(30)12-18)26-17-32-27-5-3-20(19-4-6-28(35)22(13-19)16-33-36-2)15-25(27)29(26)34-9-7-24(31)8-10-34/h3-6,11-17,24,35H,7-10,31H2,1-2H3/b33-16+. The molecule has 1 aliphatic heterocycles. The van der Waals surface area contributed by atoms with Crippen molar-refractivity contribution in [2.24, 2.45) is 10.9 Å². The van der Waals surface area contributed by atoms with Crippen molar-refractivity contribution in [3.63, 3.8) is 0 Å². The fraction of sp³-hybridized carbons (Fsp3) is 0.241. The maximum Gasteiger partial charge on any atom is 0.124 e. The molecule has 7 heteroatoms. The van der Waals surface area contributed by atoms with Crippen molar-refractivity contribution in [3.8, 4) is 28.0 Å². The number of phenolic OH excluding ortho intramolecular Hbond substituents is 1. The molecule has 1 fully saturated rings. The average molecular weight is 485 g/mol. The van der Waals surface area contributed by atoms with E-state index in [-0.39, 0.29) is 17.6 Å². The fourth-order valence-electron chi connectivity index (χ4n) is 4.87. The lowest BCUT2D eigenvalue weighted by Gasteiger charge is -2.34. The second-order valence-electron chi connectivity index (χ2n) is 9.28. The number of anilines is 1. The first kappa shape index (κ1) is 23.8. The summed E-state index contributed by atoms with van der Waals surface area (Å²) in [4.78, 5) is 11.9. The van der Waals surface area contributed by atoms with Gasteiger partial charge in [0.25, 0.3) is 0 Å². The van der Waals surface area contributed by atoms with E-state index >= 15 is 0 Å². The van der Waals surface area contributed by atoms with Crippen molar-refractivity contribution < 1.29 is 14.3 Å². The largest absolute Gasteiger partial charge is 0.507 e. The summed E-state index contributed by atoms with van der Waals surface area (Å²) < 4.78 is 14.4. The Labute approximate surface area is 209 Å². The number of pyridine rings is 1. The normalized spacial score (nSPS) is 14.6. The molecule has 4 aromatic rings. The second-order valence-corrected chi connectivity index (χ2v) is 9.28. The van der Waals surface area contributed by atoms with Crippen LogP contribution in [-0.2, 0) is 4.84 Å². The lowest BCUT2D eigenvalue weighted by atomic mass is 9.95. The van der Waals surface area contributed by atoms with Crippen molar-refractivity contribution in [1.29, 1.82) is 0 Å². The molecule has 5 rings (SSSR count). The number of phenols is 1. The van der Waals surface area contributed by atoms with Crippen molar-refractivity contribution in [3.05, 3.63) is 77.7 Å². The van der Waals surface area contributed by atoms with Gasteiger partial charge in [0, 0.05) is 41.8 Å². The van der Waals surface area contributed by atoms with E-state index in [2.05, 4.69) is 16.1 Å². The first-order valence-corrected chi connectivity index (χ1v) is 12.0. The zero-order valence-electron chi connectivity index (χ0n) is 20.4. The molecule has 0 aliphatic carbocycles. The van der Waals surface area contributed by atoms with E-state index in [4.69, 9.17) is 15.6 Å². The van der Waals surface area contributed by atoms with Crippen LogP contribution >= 0.6 is 0 Å². The molecule has 0 bridgehead atoms. The number of fused-ring (bicyclic) bond motifs is 1. The molecule has 36 heavy (non-hydrogen) atoms. The fourth-order valence-corrected chi connectivity index (χ4v) is 4.87. The molecule has 0 spiro atoms. The van der Waals surface area contributed by atoms with Gasteiger partial charge in [-0.2, -0.15) is 0 Å². The van der Waals surface area contributed by atoms with Crippen LogP contribution in [0.3, 0.4) is 0 Å². The summed E-state index contributed by atoms with van der Waals surface area (Å²) in [5, 5.41) is 15.0. The molecule has 2 heterocycles. The van der Waals surface area contributed by atoms with E-state index in [0.29, 0.717) is 5.56 Å². The summed E-state index contributed by atoms with van der Waals surface area (Å²) in [6, 6.07) is 16.8. The molecule has 3 N–H and O–H groups in total. The first-order valence-electron chi connectivity index (χ1n) is 12.0. The topological polar surface area (TPSA) is 84.0 Å². The van der Waals surface area contributed by atoms with Crippen LogP contribution < -0.4 is 10.6 Å². The highest BCUT2D eigenvalue weighted by Crippen LogP contribution is 2.40. The maximum absolute atomic E-state index is 14.4. The van der Waals surface area contributed by atoms with Crippen molar-refractivity contribution in [2.45, 2.75) is 25.8 Å². The third-order valence-corrected chi connectivity index (χ3v) is 6.71. The number of aromatic nitrogens is 1. The Morgan fingerprint density at radius 3 is 2.56 bits per heavy atom. The lowest BCUT2D eigenvalue weighted by Crippen LogP contribution is -2.40. The van der Waals surface area contributed by atoms with E-state index in [1.54, 1.807) is 12.1 Å². The molecule has 3 aromatic carbocycles. The lowest BCUT2D eigenvalue weighted by molar-refractivity contribution is 0.215. The molecular weight excluding hydrogens is 455 g/mol. The second kappa shape index (κ2) is 9.95. The molecule has 1 aliphatic rings. The summed E-state index contributed by atoms with van der Waals surface area (Å²) in [6.45, 7) is 3.54. The number of hydrogen-bond donors (Lipinski definition) is 2. The third kappa shape index (κ3) is 4.75. The van der Waals surface area contributed by atoms with Crippen LogP contribution in [0.1, 0.15) is 24.0 Å². The molecule has 0 amide bonds. The van der Waals surface area contributed by atoms with Crippen molar-refractivity contribution in [2.75, 3.05) is 25.1 Å². The molecule has 184 valence electrons. The SMILES string of the molecule is CO/N=C/c1cc(-c2ccc3ncc(-c4cc(C)cc(F)c4)c(N4CCC(N)CC4)c3c2)ccc1O. The van der Waals surface area contributed by atoms with Crippen LogP contribution in [-0.4, -0.2) is 42.5 Å². The molecule has 1 aromatic heterocycles. The Morgan fingerprint density at radius 2 is 1.81 bits per heavy atom. The summed E-state index contributed by atoms with van der Waals surface area (Å²) in [5.74, 6) is -0.143. The molecule has 0 unspecified atom stereocenters. The third-order valence-electron chi connectivity index (χ3n) is 6.71. The van der Waals surface area contributed by atoms with E-state index in [1.165, 1.54) is 19.4 Å². The number of aromatic hydroxyl groups is 1. The van der Waals surface area contributed by atoms with Crippen molar-refractivity contribution in [1.82, 2.24) is 4.98 Å². The van der Waals surface area contributed by atoms with E-state index in [9.17, 15) is 9.50 Å². The van der Waals surface area contributed by atoms with E-state index < -0.39 is 0 Å². The maximum atomic E-state index is 14.4. The first-order chi connectivity index (χ1) is 17.4. The number of aryl methyl sites for hydroxylation is 1. The Kier molecular flexibility index (Phi) is 6.57. The van der Waals surface area contributed by atoms with Crippen LogP contribution in [0.25, 0.3) is 33.2 Å². The van der Waals surface area contributed by atoms with Crippen molar-refractivity contribution >= 4 is 22.8 Å². The Bertz CT molecular complexity index is 1420. The van der Waals surface area contributed by atoms with Gasteiger partial charge in [-0.15, -0.1) is 0 Å². The zero-order chi connectivity index (χ0) is 25.2. The Hall–Kier alpha value is -3.97. The molecule has 6 nitrogen and oxygen atoms in total. The predicted octanol–water partition coefficient (Wildman–Crippen LogP) is 5.63. The van der Waals surface area contributed by atoms with Gasteiger partial charge in [0.2, 0.25) is 0 Å². The van der Waals surface area contributed by atoms with E-state index in [1.807, 2.05) is 43.5 Å². The number of piperidine rings is 1. The number of hydrogen-bond acceptors (Lipinski definition) is 6. The Balaban J connectivity index is 1.70.